The standard InChI is InChI=1S/C16H20N2O2/c1-4-9-18(3)10-8-13-11-17-14-6-5-7-15(16(13)14)20-12(2)19/h4-7,11,17H,1,8-10H2,2-3H3/p+1. The molecule has 20 heavy (non-hydrogen) atoms. The van der Waals surface area contributed by atoms with E-state index in [9.17, 15) is 4.79 Å². The lowest BCUT2D eigenvalue weighted by Gasteiger charge is -2.11. The highest BCUT2D eigenvalue weighted by Gasteiger charge is 2.12. The van der Waals surface area contributed by atoms with Crippen LogP contribution < -0.4 is 9.64 Å². The lowest BCUT2D eigenvalue weighted by atomic mass is 10.1. The fourth-order valence-electron chi connectivity index (χ4n) is 2.35. The van der Waals surface area contributed by atoms with Gasteiger partial charge in [0.2, 0.25) is 0 Å². The molecule has 0 amide bonds. The van der Waals surface area contributed by atoms with Gasteiger partial charge in [-0.1, -0.05) is 12.6 Å². The van der Waals surface area contributed by atoms with Crippen molar-refractivity contribution in [3.8, 4) is 5.75 Å². The van der Waals surface area contributed by atoms with Gasteiger partial charge in [0.25, 0.3) is 0 Å². The molecule has 4 heteroatoms. The number of carbonyl (C=O) groups is 1. The SMILES string of the molecule is C=CC[NH+](C)CCc1c[nH]c2cccc(OC(C)=O)c12. The summed E-state index contributed by atoms with van der Waals surface area (Å²) in [5, 5.41) is 1.01. The van der Waals surface area contributed by atoms with Crippen molar-refractivity contribution in [1.29, 1.82) is 0 Å². The predicted octanol–water partition coefficient (Wildman–Crippen LogP) is 1.34. The minimum atomic E-state index is -0.293. The molecule has 0 radical (unpaired) electrons. The number of carbonyl (C=O) groups excluding carboxylic acids is 1. The largest absolute Gasteiger partial charge is 0.426 e. The minimum absolute atomic E-state index is 0.293. The smallest absolute Gasteiger partial charge is 0.308 e. The summed E-state index contributed by atoms with van der Waals surface area (Å²) in [7, 11) is 2.14. The van der Waals surface area contributed by atoms with E-state index < -0.39 is 0 Å². The Morgan fingerprint density at radius 3 is 3.00 bits per heavy atom. The number of hydrogen-bond acceptors (Lipinski definition) is 2. The Kier molecular flexibility index (Phi) is 4.58. The van der Waals surface area contributed by atoms with E-state index in [0.717, 1.165) is 30.4 Å². The van der Waals surface area contributed by atoms with E-state index in [4.69, 9.17) is 4.74 Å². The van der Waals surface area contributed by atoms with Gasteiger partial charge >= 0.3 is 5.97 Å². The number of esters is 1. The van der Waals surface area contributed by atoms with Crippen molar-refractivity contribution >= 4 is 16.9 Å². The molecule has 0 fully saturated rings. The third kappa shape index (κ3) is 3.27. The Balaban J connectivity index is 2.24. The molecule has 0 aliphatic rings. The first-order valence-electron chi connectivity index (χ1n) is 6.81. The number of aromatic nitrogens is 1. The molecule has 2 rings (SSSR count). The first-order chi connectivity index (χ1) is 9.61. The molecule has 4 nitrogen and oxygen atoms in total. The number of likely N-dealkylation sites (N-methyl/N-ethyl adjacent to an activating group) is 1. The van der Waals surface area contributed by atoms with E-state index in [1.807, 2.05) is 30.5 Å². The summed E-state index contributed by atoms with van der Waals surface area (Å²) in [4.78, 5) is 15.8. The van der Waals surface area contributed by atoms with Crippen molar-refractivity contribution in [2.75, 3.05) is 20.1 Å². The molecule has 106 valence electrons. The molecule has 0 aliphatic heterocycles. The predicted molar refractivity (Wildman–Crippen MR) is 80.1 cm³/mol. The van der Waals surface area contributed by atoms with Crippen LogP contribution in [0.4, 0.5) is 0 Å². The third-order valence-electron chi connectivity index (χ3n) is 3.32. The van der Waals surface area contributed by atoms with Crippen molar-refractivity contribution in [3.63, 3.8) is 0 Å². The zero-order chi connectivity index (χ0) is 14.5. The van der Waals surface area contributed by atoms with Gasteiger partial charge in [-0.15, -0.1) is 0 Å². The van der Waals surface area contributed by atoms with E-state index in [1.165, 1.54) is 17.4 Å². The van der Waals surface area contributed by atoms with Crippen LogP contribution >= 0.6 is 0 Å². The van der Waals surface area contributed by atoms with Crippen LogP contribution in [0.15, 0.2) is 37.1 Å². The third-order valence-corrected chi connectivity index (χ3v) is 3.32. The number of H-pyrrole nitrogens is 1. The molecule has 1 atom stereocenters. The van der Waals surface area contributed by atoms with Crippen LogP contribution in [-0.2, 0) is 11.2 Å². The Morgan fingerprint density at radius 1 is 1.50 bits per heavy atom. The number of fused-ring (bicyclic) bond motifs is 1. The van der Waals surface area contributed by atoms with E-state index >= 15 is 0 Å². The van der Waals surface area contributed by atoms with E-state index in [1.54, 1.807) is 0 Å². The first kappa shape index (κ1) is 14.3. The molecule has 2 aromatic rings. The van der Waals surface area contributed by atoms with Crippen molar-refractivity contribution < 1.29 is 14.4 Å². The van der Waals surface area contributed by atoms with Crippen molar-refractivity contribution in [1.82, 2.24) is 4.98 Å². The van der Waals surface area contributed by atoms with Crippen LogP contribution in [-0.4, -0.2) is 31.1 Å². The summed E-state index contributed by atoms with van der Waals surface area (Å²) in [6, 6.07) is 5.71. The average Bonchev–Trinajstić information content (AvgIpc) is 2.80. The summed E-state index contributed by atoms with van der Waals surface area (Å²) < 4.78 is 5.30. The number of hydrogen-bond donors (Lipinski definition) is 2. The quantitative estimate of drug-likeness (QED) is 0.474. The van der Waals surface area contributed by atoms with Gasteiger partial charge in [0.05, 0.1) is 20.1 Å². The Morgan fingerprint density at radius 2 is 2.30 bits per heavy atom. The monoisotopic (exact) mass is 273 g/mol. The molecule has 1 heterocycles. The number of rotatable bonds is 6. The van der Waals surface area contributed by atoms with Crippen LogP contribution in [0, 0.1) is 0 Å². The van der Waals surface area contributed by atoms with Crippen LogP contribution in [0.5, 0.6) is 5.75 Å². The van der Waals surface area contributed by atoms with Crippen molar-refractivity contribution in [2.45, 2.75) is 13.3 Å². The molecular weight excluding hydrogens is 252 g/mol. The summed E-state index contributed by atoms with van der Waals surface area (Å²) in [6.45, 7) is 7.13. The zero-order valence-corrected chi connectivity index (χ0v) is 12.0. The van der Waals surface area contributed by atoms with Gasteiger partial charge in [0, 0.05) is 30.4 Å². The maximum atomic E-state index is 11.2. The maximum Gasteiger partial charge on any atom is 0.308 e. The fourth-order valence-corrected chi connectivity index (χ4v) is 2.35. The number of ether oxygens (including phenoxy) is 1. The topological polar surface area (TPSA) is 46.5 Å². The maximum absolute atomic E-state index is 11.2. The molecule has 0 saturated heterocycles. The number of nitrogens with one attached hydrogen (secondary N) is 2. The number of aromatic amines is 1. The van der Waals surface area contributed by atoms with Crippen LogP contribution in [0.2, 0.25) is 0 Å². The Labute approximate surface area is 119 Å². The zero-order valence-electron chi connectivity index (χ0n) is 12.0. The molecule has 1 aromatic heterocycles. The lowest BCUT2D eigenvalue weighted by molar-refractivity contribution is -0.873. The second-order valence-corrected chi connectivity index (χ2v) is 5.04. The summed E-state index contributed by atoms with van der Waals surface area (Å²) in [5.74, 6) is 0.340. The molecular formula is C16H21N2O2+. The second-order valence-electron chi connectivity index (χ2n) is 5.04. The van der Waals surface area contributed by atoms with Gasteiger partial charge < -0.3 is 14.6 Å². The first-order valence-corrected chi connectivity index (χ1v) is 6.81. The molecule has 0 saturated carbocycles. The lowest BCUT2D eigenvalue weighted by Crippen LogP contribution is -3.09. The van der Waals surface area contributed by atoms with Gasteiger partial charge in [-0.3, -0.25) is 4.79 Å². The fraction of sp³-hybridized carbons (Fsp3) is 0.312. The second kappa shape index (κ2) is 6.39. The molecule has 0 spiro atoms. The van der Waals surface area contributed by atoms with Gasteiger partial charge in [-0.25, -0.2) is 0 Å². The number of benzene rings is 1. The highest BCUT2D eigenvalue weighted by molar-refractivity contribution is 5.91. The summed E-state index contributed by atoms with van der Waals surface area (Å²) in [6.07, 6.45) is 4.85. The molecule has 2 N–H and O–H groups in total. The molecule has 1 aromatic carbocycles. The van der Waals surface area contributed by atoms with Gasteiger partial charge in [-0.2, -0.15) is 0 Å². The van der Waals surface area contributed by atoms with Gasteiger partial charge in [0.15, 0.2) is 0 Å². The summed E-state index contributed by atoms with van der Waals surface area (Å²) in [5.41, 5.74) is 2.18. The summed E-state index contributed by atoms with van der Waals surface area (Å²) >= 11 is 0. The van der Waals surface area contributed by atoms with E-state index in [-0.39, 0.29) is 5.97 Å². The van der Waals surface area contributed by atoms with Gasteiger partial charge in [-0.05, 0) is 23.8 Å². The molecule has 1 unspecified atom stereocenters. The number of quaternary nitrogens is 1. The van der Waals surface area contributed by atoms with Crippen LogP contribution in [0.3, 0.4) is 0 Å². The highest BCUT2D eigenvalue weighted by Crippen LogP contribution is 2.29. The van der Waals surface area contributed by atoms with Crippen LogP contribution in [0.25, 0.3) is 10.9 Å². The van der Waals surface area contributed by atoms with Crippen molar-refractivity contribution in [3.05, 3.63) is 42.6 Å². The normalized spacial score (nSPS) is 12.3. The van der Waals surface area contributed by atoms with Crippen molar-refractivity contribution in [2.24, 2.45) is 0 Å². The average molecular weight is 273 g/mol. The molecule has 0 aliphatic carbocycles. The van der Waals surface area contributed by atoms with E-state index in [2.05, 4.69) is 18.6 Å². The minimum Gasteiger partial charge on any atom is -0.426 e. The Bertz CT molecular complexity index is 616. The Hall–Kier alpha value is -2.07. The van der Waals surface area contributed by atoms with E-state index in [0.29, 0.717) is 5.75 Å². The molecule has 0 bridgehead atoms. The van der Waals surface area contributed by atoms with Crippen LogP contribution in [0.1, 0.15) is 12.5 Å². The van der Waals surface area contributed by atoms with Gasteiger partial charge in [0.1, 0.15) is 5.75 Å². The highest BCUT2D eigenvalue weighted by atomic mass is 16.5.